The van der Waals surface area contributed by atoms with E-state index in [-0.39, 0.29) is 10.6 Å². The van der Waals surface area contributed by atoms with Gasteiger partial charge in [-0.3, -0.25) is 10.1 Å². The van der Waals surface area contributed by atoms with Crippen LogP contribution in [-0.4, -0.2) is 20.8 Å². The summed E-state index contributed by atoms with van der Waals surface area (Å²) < 4.78 is 2.95. The monoisotopic (exact) mass is 362 g/mol. The van der Waals surface area contributed by atoms with Crippen LogP contribution in [0.3, 0.4) is 0 Å². The summed E-state index contributed by atoms with van der Waals surface area (Å²) in [5, 5.41) is 29.0. The van der Waals surface area contributed by atoms with Gasteiger partial charge in [0.25, 0.3) is 0 Å². The van der Waals surface area contributed by atoms with Crippen molar-refractivity contribution in [2.75, 3.05) is 0 Å². The van der Waals surface area contributed by atoms with Gasteiger partial charge in [0, 0.05) is 23.7 Å². The molecule has 0 saturated heterocycles. The number of thiazole rings is 1. The molecule has 0 aliphatic carbocycles. The summed E-state index contributed by atoms with van der Waals surface area (Å²) in [4.78, 5) is 10.8. The average molecular weight is 363 g/mol. The number of aromatic hydroxyl groups is 1. The topological polar surface area (TPSA) is 93.0 Å². The molecule has 3 aromatic rings. The van der Waals surface area contributed by atoms with Gasteiger partial charge in [-0.1, -0.05) is 35.1 Å². The molecular weight excluding hydrogens is 352 g/mol. The maximum Gasteiger partial charge on any atom is 0.312 e. The molecule has 0 fully saturated rings. The summed E-state index contributed by atoms with van der Waals surface area (Å²) >= 11 is 7.29. The number of nitro groups is 1. The molecule has 24 heavy (non-hydrogen) atoms. The molecule has 3 rings (SSSR count). The van der Waals surface area contributed by atoms with Gasteiger partial charge >= 0.3 is 5.69 Å². The van der Waals surface area contributed by atoms with Crippen LogP contribution in [0.4, 0.5) is 5.69 Å². The molecule has 0 radical (unpaired) electrons. The summed E-state index contributed by atoms with van der Waals surface area (Å²) in [6.07, 6.45) is 1.23. The molecule has 0 unspecified atom stereocenters. The Morgan fingerprint density at radius 1 is 1.38 bits per heavy atom. The van der Waals surface area contributed by atoms with Gasteiger partial charge in [0.1, 0.15) is 0 Å². The van der Waals surface area contributed by atoms with E-state index in [2.05, 4.69) is 10.2 Å². The molecule has 0 amide bonds. The van der Waals surface area contributed by atoms with Crippen molar-refractivity contribution in [1.82, 2.24) is 4.57 Å². The van der Waals surface area contributed by atoms with Crippen molar-refractivity contribution in [3.8, 4) is 5.75 Å². The summed E-state index contributed by atoms with van der Waals surface area (Å²) in [5.41, 5.74) is 0.677. The van der Waals surface area contributed by atoms with Crippen LogP contribution in [0.2, 0.25) is 5.02 Å². The minimum absolute atomic E-state index is 0.127. The standard InChI is InChI=1S/C15H11ClN4O3S/c1-19-11-4-2-3-5-13(11)24-15(19)18-17-8-9-6-10(16)7-12(14(9)21)20(22)23/h2-8,21H,1H3/b17-8+,18-15?. The first-order valence-electron chi connectivity index (χ1n) is 6.76. The highest BCUT2D eigenvalue weighted by Crippen LogP contribution is 2.32. The van der Waals surface area contributed by atoms with Crippen LogP contribution >= 0.6 is 22.9 Å². The van der Waals surface area contributed by atoms with Crippen molar-refractivity contribution < 1.29 is 10.0 Å². The Hall–Kier alpha value is -2.71. The summed E-state index contributed by atoms with van der Waals surface area (Å²) in [6, 6.07) is 10.3. The number of phenols is 1. The fraction of sp³-hybridized carbons (Fsp3) is 0.0667. The lowest BCUT2D eigenvalue weighted by molar-refractivity contribution is -0.385. The van der Waals surface area contributed by atoms with Gasteiger partial charge in [0.15, 0.2) is 0 Å². The predicted molar refractivity (Wildman–Crippen MR) is 93.7 cm³/mol. The van der Waals surface area contributed by atoms with E-state index in [1.54, 1.807) is 0 Å². The number of hydrogen-bond acceptors (Lipinski definition) is 6. The second kappa shape index (κ2) is 6.42. The van der Waals surface area contributed by atoms with Gasteiger partial charge in [0.05, 0.1) is 21.4 Å². The number of rotatable bonds is 3. The van der Waals surface area contributed by atoms with E-state index in [1.807, 2.05) is 35.9 Å². The van der Waals surface area contributed by atoms with E-state index < -0.39 is 16.4 Å². The quantitative estimate of drug-likeness (QED) is 0.439. The van der Waals surface area contributed by atoms with E-state index in [0.29, 0.717) is 4.80 Å². The molecule has 0 spiro atoms. The Balaban J connectivity index is 2.02. The maximum absolute atomic E-state index is 10.9. The SMILES string of the molecule is Cn1c(=N/N=C/c2cc(Cl)cc([N+](=O)[O-])c2O)sc2ccccc21. The third-order valence-electron chi connectivity index (χ3n) is 3.34. The Labute approximate surface area is 144 Å². The van der Waals surface area contributed by atoms with Crippen molar-refractivity contribution in [1.29, 1.82) is 0 Å². The van der Waals surface area contributed by atoms with Crippen molar-refractivity contribution >= 4 is 45.1 Å². The number of benzene rings is 2. The van der Waals surface area contributed by atoms with Crippen LogP contribution in [0.15, 0.2) is 46.6 Å². The minimum Gasteiger partial charge on any atom is -0.502 e. The molecule has 9 heteroatoms. The van der Waals surface area contributed by atoms with Gasteiger partial charge in [-0.05, 0) is 18.2 Å². The Morgan fingerprint density at radius 3 is 2.83 bits per heavy atom. The molecule has 2 aromatic carbocycles. The zero-order valence-corrected chi connectivity index (χ0v) is 14.0. The van der Waals surface area contributed by atoms with Gasteiger partial charge in [-0.2, -0.15) is 5.10 Å². The largest absolute Gasteiger partial charge is 0.502 e. The number of halogens is 1. The van der Waals surface area contributed by atoms with Crippen molar-refractivity contribution in [2.45, 2.75) is 0 Å². The lowest BCUT2D eigenvalue weighted by Gasteiger charge is -2.00. The molecule has 0 bridgehead atoms. The Morgan fingerprint density at radius 2 is 2.12 bits per heavy atom. The third-order valence-corrected chi connectivity index (χ3v) is 4.66. The Kier molecular flexibility index (Phi) is 4.32. The van der Waals surface area contributed by atoms with Gasteiger partial charge < -0.3 is 9.67 Å². The van der Waals surface area contributed by atoms with E-state index >= 15 is 0 Å². The molecule has 0 aliphatic heterocycles. The second-order valence-electron chi connectivity index (χ2n) is 4.88. The molecule has 1 aromatic heterocycles. The number of phenolic OH excluding ortho intramolecular Hbond substituents is 1. The van der Waals surface area contributed by atoms with Crippen LogP contribution in [0.1, 0.15) is 5.56 Å². The van der Waals surface area contributed by atoms with Gasteiger partial charge in [0.2, 0.25) is 10.6 Å². The number of nitro benzene ring substituents is 1. The minimum atomic E-state index is -0.707. The highest BCUT2D eigenvalue weighted by molar-refractivity contribution is 7.16. The van der Waals surface area contributed by atoms with E-state index in [4.69, 9.17) is 11.6 Å². The zero-order chi connectivity index (χ0) is 17.3. The predicted octanol–water partition coefficient (Wildman–Crippen LogP) is 3.44. The van der Waals surface area contributed by atoms with Gasteiger partial charge in [-0.15, -0.1) is 5.10 Å². The van der Waals surface area contributed by atoms with Crippen LogP contribution in [0, 0.1) is 10.1 Å². The Bertz CT molecular complexity index is 1040. The number of para-hydroxylation sites is 1. The normalized spacial score (nSPS) is 12.3. The van der Waals surface area contributed by atoms with Crippen molar-refractivity contribution in [2.24, 2.45) is 17.3 Å². The smallest absolute Gasteiger partial charge is 0.312 e. The highest BCUT2D eigenvalue weighted by atomic mass is 35.5. The molecule has 1 heterocycles. The van der Waals surface area contributed by atoms with Crippen LogP contribution < -0.4 is 4.80 Å². The fourth-order valence-corrected chi connectivity index (χ4v) is 3.36. The molecule has 1 N–H and O–H groups in total. The molecule has 122 valence electrons. The third kappa shape index (κ3) is 3.01. The number of aromatic nitrogens is 1. The van der Waals surface area contributed by atoms with E-state index in [1.165, 1.54) is 23.6 Å². The lowest BCUT2D eigenvalue weighted by Crippen LogP contribution is -2.08. The fourth-order valence-electron chi connectivity index (χ4n) is 2.16. The number of fused-ring (bicyclic) bond motifs is 1. The number of nitrogens with zero attached hydrogens (tertiary/aromatic N) is 4. The summed E-state index contributed by atoms with van der Waals surface area (Å²) in [7, 11) is 1.87. The lowest BCUT2D eigenvalue weighted by atomic mass is 10.2. The van der Waals surface area contributed by atoms with Crippen molar-refractivity contribution in [3.63, 3.8) is 0 Å². The number of hydrogen-bond donors (Lipinski definition) is 1. The number of aryl methyl sites for hydroxylation is 1. The second-order valence-corrected chi connectivity index (χ2v) is 6.32. The van der Waals surface area contributed by atoms with Gasteiger partial charge in [-0.25, -0.2) is 0 Å². The molecule has 0 atom stereocenters. The average Bonchev–Trinajstić information content (AvgIpc) is 2.87. The highest BCUT2D eigenvalue weighted by Gasteiger charge is 2.17. The summed E-state index contributed by atoms with van der Waals surface area (Å²) in [6.45, 7) is 0. The molecular formula is C15H11ClN4O3S. The first kappa shape index (κ1) is 16.2. The first-order chi connectivity index (χ1) is 11.5. The summed E-state index contributed by atoms with van der Waals surface area (Å²) in [5.74, 6) is -0.496. The first-order valence-corrected chi connectivity index (χ1v) is 7.95. The zero-order valence-electron chi connectivity index (χ0n) is 12.4. The van der Waals surface area contributed by atoms with E-state index in [0.717, 1.165) is 16.3 Å². The van der Waals surface area contributed by atoms with Crippen LogP contribution in [-0.2, 0) is 7.05 Å². The van der Waals surface area contributed by atoms with Crippen molar-refractivity contribution in [3.05, 3.63) is 61.9 Å². The molecule has 0 aliphatic rings. The maximum atomic E-state index is 10.9. The molecule has 7 nitrogen and oxygen atoms in total. The molecule has 0 saturated carbocycles. The van der Waals surface area contributed by atoms with Crippen LogP contribution in [0.5, 0.6) is 5.75 Å². The van der Waals surface area contributed by atoms with E-state index in [9.17, 15) is 15.2 Å². The van der Waals surface area contributed by atoms with Crippen LogP contribution in [0.25, 0.3) is 10.2 Å².